The minimum atomic E-state index is -0.747. The first-order valence-corrected chi connectivity index (χ1v) is 8.05. The molecule has 17 heavy (non-hydrogen) atoms. The van der Waals surface area contributed by atoms with Gasteiger partial charge in [-0.3, -0.25) is 0 Å². The van der Waals surface area contributed by atoms with E-state index in [4.69, 9.17) is 0 Å². The van der Waals surface area contributed by atoms with Crippen molar-refractivity contribution >= 4 is 19.6 Å². The molecule has 0 spiro atoms. The first-order chi connectivity index (χ1) is 8.15. The molecule has 1 aromatic rings. The first kappa shape index (κ1) is 11.5. The van der Waals surface area contributed by atoms with Crippen molar-refractivity contribution in [2.75, 3.05) is 0 Å². The summed E-state index contributed by atoms with van der Waals surface area (Å²) in [6.45, 7) is 2.10. The standard InChI is InChI=1S/C14H17NOSe/c1-10-4-6-11(7-5-10)13-15-14(16)8-2-3-12(9-14)17-13/h4-7,12,16H,2-3,8-9H2,1H3/t12-,14-/m1/s1. The number of aliphatic imine (C=N–C) groups is 1. The molecule has 0 unspecified atom stereocenters. The van der Waals surface area contributed by atoms with Crippen LogP contribution in [0, 0.1) is 6.92 Å². The Kier molecular flexibility index (Phi) is 2.86. The molecule has 1 aromatic carbocycles. The molecule has 0 aromatic heterocycles. The number of hydrogen-bond acceptors (Lipinski definition) is 2. The summed E-state index contributed by atoms with van der Waals surface area (Å²) in [6.07, 6.45) is 4.14. The van der Waals surface area contributed by atoms with E-state index in [9.17, 15) is 5.11 Å². The second-order valence-corrected chi connectivity index (χ2v) is 7.81. The number of aryl methyl sites for hydroxylation is 1. The molecule has 0 saturated heterocycles. The SMILES string of the molecule is Cc1ccc(C2=N[C@@]3(O)CCC[C@H](C3)[Se]2)cc1. The van der Waals surface area contributed by atoms with Crippen molar-refractivity contribution in [2.24, 2.45) is 4.99 Å². The van der Waals surface area contributed by atoms with Crippen molar-refractivity contribution in [1.29, 1.82) is 0 Å². The third-order valence-corrected chi connectivity index (χ3v) is 6.24. The second kappa shape index (κ2) is 4.24. The Morgan fingerprint density at radius 2 is 2.12 bits per heavy atom. The molecule has 1 aliphatic heterocycles. The monoisotopic (exact) mass is 295 g/mol. The van der Waals surface area contributed by atoms with Gasteiger partial charge in [0.15, 0.2) is 0 Å². The maximum absolute atomic E-state index is 10.4. The summed E-state index contributed by atoms with van der Waals surface area (Å²) in [6, 6.07) is 8.53. The third-order valence-electron chi connectivity index (χ3n) is 3.54. The van der Waals surface area contributed by atoms with Gasteiger partial charge in [0.2, 0.25) is 0 Å². The molecular formula is C14H17NOSe. The van der Waals surface area contributed by atoms with Crippen LogP contribution < -0.4 is 0 Å². The number of nitrogens with zero attached hydrogens (tertiary/aromatic N) is 1. The average molecular weight is 294 g/mol. The number of fused-ring (bicyclic) bond motifs is 2. The normalized spacial score (nSPS) is 32.1. The molecule has 1 saturated carbocycles. The second-order valence-electron chi connectivity index (χ2n) is 5.10. The van der Waals surface area contributed by atoms with E-state index in [1.165, 1.54) is 17.5 Å². The molecule has 2 nitrogen and oxygen atoms in total. The number of hydrogen-bond donors (Lipinski definition) is 1. The van der Waals surface area contributed by atoms with Crippen LogP contribution in [0.5, 0.6) is 0 Å². The van der Waals surface area contributed by atoms with Gasteiger partial charge >= 0.3 is 108 Å². The van der Waals surface area contributed by atoms with E-state index >= 15 is 0 Å². The minimum absolute atomic E-state index is 0.432. The molecule has 2 atom stereocenters. The molecule has 3 rings (SSSR count). The van der Waals surface area contributed by atoms with Gasteiger partial charge in [0.05, 0.1) is 0 Å². The number of aliphatic hydroxyl groups is 1. The summed E-state index contributed by atoms with van der Waals surface area (Å²) in [5, 5.41) is 10.4. The predicted molar refractivity (Wildman–Crippen MR) is 70.6 cm³/mol. The zero-order valence-electron chi connectivity index (χ0n) is 10.0. The van der Waals surface area contributed by atoms with Gasteiger partial charge in [-0.1, -0.05) is 0 Å². The van der Waals surface area contributed by atoms with Crippen LogP contribution in [-0.2, 0) is 0 Å². The average Bonchev–Trinajstić information content (AvgIpc) is 2.28. The summed E-state index contributed by atoms with van der Waals surface area (Å²) >= 11 is 0.432. The van der Waals surface area contributed by atoms with Gasteiger partial charge in [-0.2, -0.15) is 0 Å². The number of rotatable bonds is 1. The van der Waals surface area contributed by atoms with Crippen LogP contribution in [0.2, 0.25) is 4.82 Å². The van der Waals surface area contributed by atoms with E-state index in [2.05, 4.69) is 36.2 Å². The van der Waals surface area contributed by atoms with Gasteiger partial charge in [0.25, 0.3) is 0 Å². The van der Waals surface area contributed by atoms with E-state index in [1.54, 1.807) is 0 Å². The number of benzene rings is 1. The summed E-state index contributed by atoms with van der Waals surface area (Å²) in [5.74, 6) is 0. The van der Waals surface area contributed by atoms with Crippen molar-refractivity contribution < 1.29 is 5.11 Å². The Labute approximate surface area is 108 Å². The van der Waals surface area contributed by atoms with Crippen LogP contribution in [0.3, 0.4) is 0 Å². The molecule has 2 bridgehead atoms. The molecule has 1 aliphatic carbocycles. The molecule has 2 aliphatic rings. The Hall–Kier alpha value is -0.631. The van der Waals surface area contributed by atoms with E-state index in [1.807, 2.05) is 0 Å². The summed E-state index contributed by atoms with van der Waals surface area (Å²) in [4.78, 5) is 5.32. The third kappa shape index (κ3) is 2.33. The van der Waals surface area contributed by atoms with Crippen molar-refractivity contribution in [3.8, 4) is 0 Å². The summed E-state index contributed by atoms with van der Waals surface area (Å²) in [5.41, 5.74) is 1.74. The topological polar surface area (TPSA) is 32.6 Å². The van der Waals surface area contributed by atoms with Gasteiger partial charge in [0.1, 0.15) is 0 Å². The maximum atomic E-state index is 10.4. The Morgan fingerprint density at radius 1 is 1.35 bits per heavy atom. The molecular weight excluding hydrogens is 277 g/mol. The van der Waals surface area contributed by atoms with Gasteiger partial charge in [-0.15, -0.1) is 0 Å². The van der Waals surface area contributed by atoms with Crippen molar-refractivity contribution in [3.05, 3.63) is 35.4 Å². The Morgan fingerprint density at radius 3 is 2.82 bits per heavy atom. The fourth-order valence-electron chi connectivity index (χ4n) is 2.59. The molecule has 1 fully saturated rings. The molecule has 90 valence electrons. The van der Waals surface area contributed by atoms with E-state index < -0.39 is 5.72 Å². The fourth-order valence-corrected chi connectivity index (χ4v) is 5.62. The molecule has 0 radical (unpaired) electrons. The Bertz CT molecular complexity index is 454. The van der Waals surface area contributed by atoms with Crippen molar-refractivity contribution in [3.63, 3.8) is 0 Å². The summed E-state index contributed by atoms with van der Waals surface area (Å²) in [7, 11) is 0. The van der Waals surface area contributed by atoms with E-state index in [0.29, 0.717) is 19.8 Å². The zero-order valence-corrected chi connectivity index (χ0v) is 11.7. The van der Waals surface area contributed by atoms with E-state index in [-0.39, 0.29) is 0 Å². The van der Waals surface area contributed by atoms with E-state index in [0.717, 1.165) is 23.9 Å². The van der Waals surface area contributed by atoms with Crippen LogP contribution >= 0.6 is 0 Å². The van der Waals surface area contributed by atoms with Gasteiger partial charge in [-0.05, 0) is 0 Å². The first-order valence-electron chi connectivity index (χ1n) is 6.21. The quantitative estimate of drug-likeness (QED) is 0.793. The van der Waals surface area contributed by atoms with Gasteiger partial charge in [-0.25, -0.2) is 0 Å². The van der Waals surface area contributed by atoms with Crippen LogP contribution in [0.4, 0.5) is 0 Å². The molecule has 1 heterocycles. The fraction of sp³-hybridized carbons (Fsp3) is 0.500. The van der Waals surface area contributed by atoms with Crippen LogP contribution in [0.25, 0.3) is 0 Å². The van der Waals surface area contributed by atoms with Crippen LogP contribution in [0.1, 0.15) is 36.8 Å². The molecule has 0 amide bonds. The molecule has 1 N–H and O–H groups in total. The van der Waals surface area contributed by atoms with Crippen molar-refractivity contribution in [2.45, 2.75) is 43.1 Å². The van der Waals surface area contributed by atoms with Gasteiger partial charge < -0.3 is 0 Å². The van der Waals surface area contributed by atoms with Crippen LogP contribution in [0.15, 0.2) is 29.3 Å². The summed E-state index contributed by atoms with van der Waals surface area (Å²) < 4.78 is 1.16. The zero-order chi connectivity index (χ0) is 11.9. The van der Waals surface area contributed by atoms with Crippen molar-refractivity contribution in [1.82, 2.24) is 0 Å². The van der Waals surface area contributed by atoms with Gasteiger partial charge in [0, 0.05) is 0 Å². The molecule has 3 heteroatoms. The predicted octanol–water partition coefficient (Wildman–Crippen LogP) is 2.51. The Balaban J connectivity index is 1.95. The van der Waals surface area contributed by atoms with Crippen LogP contribution in [-0.4, -0.2) is 30.4 Å².